The molecule has 0 aliphatic carbocycles. The molecule has 1 aromatic heterocycles. The van der Waals surface area contributed by atoms with Gasteiger partial charge >= 0.3 is 0 Å². The fraction of sp³-hybridized carbons (Fsp3) is 0.333. The van der Waals surface area contributed by atoms with Crippen molar-refractivity contribution in [2.45, 2.75) is 19.8 Å². The molecule has 0 fully saturated rings. The van der Waals surface area contributed by atoms with Crippen LogP contribution in [0.15, 0.2) is 53.9 Å². The number of methoxy groups -OCH3 is 2. The molecular formula is C24H29N3O3S. The van der Waals surface area contributed by atoms with Gasteiger partial charge in [-0.2, -0.15) is 0 Å². The summed E-state index contributed by atoms with van der Waals surface area (Å²) in [5.74, 6) is 1.33. The van der Waals surface area contributed by atoms with Gasteiger partial charge in [-0.3, -0.25) is 4.79 Å². The number of nitrogens with one attached hydrogen (secondary N) is 1. The Morgan fingerprint density at radius 1 is 1.10 bits per heavy atom. The van der Waals surface area contributed by atoms with Crippen molar-refractivity contribution in [1.82, 2.24) is 10.3 Å². The van der Waals surface area contributed by atoms with Gasteiger partial charge < -0.3 is 19.7 Å². The molecule has 0 unspecified atom stereocenters. The number of nitrogens with zero attached hydrogens (tertiary/aromatic N) is 2. The topological polar surface area (TPSA) is 63.7 Å². The van der Waals surface area contributed by atoms with Crippen molar-refractivity contribution in [2.24, 2.45) is 0 Å². The van der Waals surface area contributed by atoms with Crippen LogP contribution < -0.4 is 19.7 Å². The molecule has 0 radical (unpaired) electrons. The molecule has 6 nitrogen and oxygen atoms in total. The summed E-state index contributed by atoms with van der Waals surface area (Å²) in [6, 6.07) is 16.0. The zero-order chi connectivity index (χ0) is 22.1. The summed E-state index contributed by atoms with van der Waals surface area (Å²) < 4.78 is 10.6. The second-order valence-corrected chi connectivity index (χ2v) is 7.87. The molecule has 0 spiro atoms. The number of aromatic nitrogens is 1. The first-order valence-electron chi connectivity index (χ1n) is 10.4. The van der Waals surface area contributed by atoms with Crippen LogP contribution in [0.25, 0.3) is 10.6 Å². The lowest BCUT2D eigenvalue weighted by Crippen LogP contribution is -2.30. The van der Waals surface area contributed by atoms with Gasteiger partial charge in [-0.1, -0.05) is 18.2 Å². The molecule has 0 saturated heterocycles. The van der Waals surface area contributed by atoms with Crippen LogP contribution in [0.1, 0.15) is 19.0 Å². The minimum Gasteiger partial charge on any atom is -0.493 e. The minimum atomic E-state index is -0.00748. The third-order valence-electron chi connectivity index (χ3n) is 4.95. The number of benzene rings is 2. The third kappa shape index (κ3) is 6.21. The Hall–Kier alpha value is -3.06. The Morgan fingerprint density at radius 2 is 1.87 bits per heavy atom. The van der Waals surface area contributed by atoms with E-state index >= 15 is 0 Å². The molecule has 2 aromatic carbocycles. The molecule has 31 heavy (non-hydrogen) atoms. The predicted octanol–water partition coefficient (Wildman–Crippen LogP) is 4.40. The second kappa shape index (κ2) is 11.4. The van der Waals surface area contributed by atoms with Crippen molar-refractivity contribution in [2.75, 3.05) is 38.8 Å². The summed E-state index contributed by atoms with van der Waals surface area (Å²) in [5, 5.41) is 5.79. The van der Waals surface area contributed by atoms with Crippen molar-refractivity contribution in [3.05, 3.63) is 59.6 Å². The fourth-order valence-electron chi connectivity index (χ4n) is 3.32. The maximum atomic E-state index is 12.3. The van der Waals surface area contributed by atoms with E-state index in [1.54, 1.807) is 14.2 Å². The van der Waals surface area contributed by atoms with Gasteiger partial charge in [0, 0.05) is 36.3 Å². The molecular weight excluding hydrogens is 410 g/mol. The Balaban J connectivity index is 1.48. The van der Waals surface area contributed by atoms with Gasteiger partial charge in [0.15, 0.2) is 11.5 Å². The van der Waals surface area contributed by atoms with E-state index in [0.29, 0.717) is 18.0 Å². The minimum absolute atomic E-state index is 0.00748. The van der Waals surface area contributed by atoms with E-state index in [0.717, 1.165) is 35.8 Å². The highest BCUT2D eigenvalue weighted by Crippen LogP contribution is 2.33. The lowest BCUT2D eigenvalue weighted by Gasteiger charge is -2.23. The highest BCUT2D eigenvalue weighted by molar-refractivity contribution is 7.13. The van der Waals surface area contributed by atoms with E-state index in [-0.39, 0.29) is 12.3 Å². The van der Waals surface area contributed by atoms with Gasteiger partial charge in [0.05, 0.1) is 26.3 Å². The monoisotopic (exact) mass is 439 g/mol. The Labute approximate surface area is 187 Å². The lowest BCUT2D eigenvalue weighted by molar-refractivity contribution is -0.120. The standard InChI is InChI=1S/C24H29N3O3S/c1-4-27(20-9-6-5-7-10-20)14-8-13-25-23(28)16-19-17-31-24(26-19)18-11-12-21(29-2)22(15-18)30-3/h5-7,9-12,15,17H,4,8,13-14,16H2,1-3H3,(H,25,28). The van der Waals surface area contributed by atoms with Crippen molar-refractivity contribution in [1.29, 1.82) is 0 Å². The molecule has 7 heteroatoms. The summed E-state index contributed by atoms with van der Waals surface area (Å²) in [4.78, 5) is 19.3. The Bertz CT molecular complexity index is 975. The van der Waals surface area contributed by atoms with E-state index < -0.39 is 0 Å². The van der Waals surface area contributed by atoms with E-state index in [1.807, 2.05) is 41.8 Å². The van der Waals surface area contributed by atoms with Crippen LogP contribution in [0.5, 0.6) is 11.5 Å². The Morgan fingerprint density at radius 3 is 2.58 bits per heavy atom. The molecule has 3 aromatic rings. The molecule has 164 valence electrons. The first kappa shape index (κ1) is 22.6. The number of para-hydroxylation sites is 1. The van der Waals surface area contributed by atoms with Gasteiger partial charge in [0.2, 0.25) is 5.91 Å². The molecule has 1 amide bonds. The molecule has 1 N–H and O–H groups in total. The molecule has 0 saturated carbocycles. The second-order valence-electron chi connectivity index (χ2n) is 7.01. The summed E-state index contributed by atoms with van der Waals surface area (Å²) in [6.45, 7) is 4.63. The summed E-state index contributed by atoms with van der Waals surface area (Å²) >= 11 is 1.52. The van der Waals surface area contributed by atoms with Crippen molar-refractivity contribution >= 4 is 22.9 Å². The molecule has 0 aliphatic rings. The number of amides is 1. The van der Waals surface area contributed by atoms with Crippen LogP contribution in [-0.4, -0.2) is 44.7 Å². The van der Waals surface area contributed by atoms with E-state index in [1.165, 1.54) is 17.0 Å². The van der Waals surface area contributed by atoms with Crippen LogP contribution in [0.3, 0.4) is 0 Å². The first-order chi connectivity index (χ1) is 15.1. The zero-order valence-corrected chi connectivity index (χ0v) is 19.1. The number of carbonyl (C=O) groups is 1. The van der Waals surface area contributed by atoms with Crippen LogP contribution in [0.2, 0.25) is 0 Å². The first-order valence-corrected chi connectivity index (χ1v) is 11.3. The average Bonchev–Trinajstić information content (AvgIpc) is 3.27. The summed E-state index contributed by atoms with van der Waals surface area (Å²) in [7, 11) is 3.22. The van der Waals surface area contributed by atoms with Crippen molar-refractivity contribution in [3.63, 3.8) is 0 Å². The number of thiazole rings is 1. The van der Waals surface area contributed by atoms with Crippen LogP contribution in [0.4, 0.5) is 5.69 Å². The smallest absolute Gasteiger partial charge is 0.226 e. The molecule has 0 atom stereocenters. The molecule has 1 heterocycles. The molecule has 0 bridgehead atoms. The molecule has 0 aliphatic heterocycles. The highest BCUT2D eigenvalue weighted by Gasteiger charge is 2.12. The van der Waals surface area contributed by atoms with E-state index in [9.17, 15) is 4.79 Å². The number of rotatable bonds is 11. The Kier molecular flexibility index (Phi) is 8.29. The summed E-state index contributed by atoms with van der Waals surface area (Å²) in [6.07, 6.45) is 1.17. The maximum absolute atomic E-state index is 12.3. The van der Waals surface area contributed by atoms with Crippen LogP contribution >= 0.6 is 11.3 Å². The van der Waals surface area contributed by atoms with Crippen molar-refractivity contribution < 1.29 is 14.3 Å². The van der Waals surface area contributed by atoms with Gasteiger partial charge in [-0.05, 0) is 43.7 Å². The lowest BCUT2D eigenvalue weighted by atomic mass is 10.2. The van der Waals surface area contributed by atoms with Gasteiger partial charge in [0.25, 0.3) is 0 Å². The quantitative estimate of drug-likeness (QED) is 0.449. The molecule has 3 rings (SSSR count). The van der Waals surface area contributed by atoms with Crippen LogP contribution in [0, 0.1) is 0 Å². The average molecular weight is 440 g/mol. The number of anilines is 1. The summed E-state index contributed by atoms with van der Waals surface area (Å²) in [5.41, 5.74) is 2.92. The zero-order valence-electron chi connectivity index (χ0n) is 18.3. The van der Waals surface area contributed by atoms with Gasteiger partial charge in [0.1, 0.15) is 5.01 Å². The largest absolute Gasteiger partial charge is 0.493 e. The van der Waals surface area contributed by atoms with E-state index in [2.05, 4.69) is 34.3 Å². The predicted molar refractivity (Wildman–Crippen MR) is 126 cm³/mol. The highest BCUT2D eigenvalue weighted by atomic mass is 32.1. The number of hydrogen-bond acceptors (Lipinski definition) is 6. The van der Waals surface area contributed by atoms with Gasteiger partial charge in [-0.15, -0.1) is 11.3 Å². The van der Waals surface area contributed by atoms with E-state index in [4.69, 9.17) is 9.47 Å². The van der Waals surface area contributed by atoms with Gasteiger partial charge in [-0.25, -0.2) is 4.98 Å². The maximum Gasteiger partial charge on any atom is 0.226 e. The number of hydrogen-bond donors (Lipinski definition) is 1. The normalized spacial score (nSPS) is 10.5. The third-order valence-corrected chi connectivity index (χ3v) is 5.89. The van der Waals surface area contributed by atoms with Crippen LogP contribution in [-0.2, 0) is 11.2 Å². The van der Waals surface area contributed by atoms with Crippen molar-refractivity contribution in [3.8, 4) is 22.1 Å². The SMILES string of the molecule is CCN(CCCNC(=O)Cc1csc(-c2ccc(OC)c(OC)c2)n1)c1ccccc1. The number of carbonyl (C=O) groups excluding carboxylic acids is 1. The fourth-order valence-corrected chi connectivity index (χ4v) is 4.14. The number of ether oxygens (including phenoxy) is 2.